The van der Waals surface area contributed by atoms with Crippen LogP contribution in [0.1, 0.15) is 24.2 Å². The van der Waals surface area contributed by atoms with Gasteiger partial charge in [0.2, 0.25) is 0 Å². The minimum atomic E-state index is -0.0244. The van der Waals surface area contributed by atoms with E-state index in [0.717, 1.165) is 16.5 Å². The van der Waals surface area contributed by atoms with E-state index in [9.17, 15) is 4.79 Å². The zero-order chi connectivity index (χ0) is 17.1. The maximum atomic E-state index is 12.4. The molecule has 0 aliphatic rings. The highest BCUT2D eigenvalue weighted by Gasteiger charge is 2.17. The largest absolute Gasteiger partial charge is 0.490 e. The van der Waals surface area contributed by atoms with Crippen molar-refractivity contribution in [1.82, 2.24) is 4.57 Å². The molecule has 2 aromatic carbocycles. The van der Waals surface area contributed by atoms with Crippen molar-refractivity contribution in [3.05, 3.63) is 65.3 Å². The predicted molar refractivity (Wildman–Crippen MR) is 98.1 cm³/mol. The number of ether oxygens (including phenoxy) is 1. The van der Waals surface area contributed by atoms with Crippen LogP contribution >= 0.6 is 11.6 Å². The first-order valence-corrected chi connectivity index (χ1v) is 8.45. The van der Waals surface area contributed by atoms with E-state index < -0.39 is 0 Å². The van der Waals surface area contributed by atoms with Crippen molar-refractivity contribution in [2.24, 2.45) is 5.92 Å². The highest BCUT2D eigenvalue weighted by molar-refractivity contribution is 6.32. The number of halogens is 1. The van der Waals surface area contributed by atoms with Gasteiger partial charge in [-0.15, -0.1) is 0 Å². The molecule has 0 spiro atoms. The Bertz CT molecular complexity index is 867. The van der Waals surface area contributed by atoms with Gasteiger partial charge in [0.1, 0.15) is 12.4 Å². The zero-order valence-corrected chi connectivity index (χ0v) is 14.6. The number of aromatic nitrogens is 1. The number of ketones is 1. The van der Waals surface area contributed by atoms with Crippen LogP contribution in [0.2, 0.25) is 5.02 Å². The molecule has 4 heteroatoms. The second-order valence-corrected chi connectivity index (χ2v) is 6.46. The fourth-order valence-electron chi connectivity index (χ4n) is 2.75. The number of hydrogen-bond donors (Lipinski definition) is 0. The van der Waals surface area contributed by atoms with Gasteiger partial charge in [-0.1, -0.05) is 55.8 Å². The molecule has 3 rings (SSSR count). The number of hydrogen-bond acceptors (Lipinski definition) is 2. The molecule has 0 saturated heterocycles. The lowest BCUT2D eigenvalue weighted by atomic mass is 10.0. The summed E-state index contributed by atoms with van der Waals surface area (Å²) in [5.74, 6) is 0.815. The van der Waals surface area contributed by atoms with Crippen molar-refractivity contribution in [1.29, 1.82) is 0 Å². The van der Waals surface area contributed by atoms with Crippen molar-refractivity contribution < 1.29 is 9.53 Å². The number of Topliss-reactive ketones (excluding diaryl/α,β-unsaturated/α-hetero) is 1. The smallest absolute Gasteiger partial charge is 0.167 e. The van der Waals surface area contributed by atoms with Crippen molar-refractivity contribution >= 4 is 28.3 Å². The molecular formula is C20H20ClNO2. The molecule has 0 radical (unpaired) electrons. The van der Waals surface area contributed by atoms with E-state index in [0.29, 0.717) is 23.9 Å². The van der Waals surface area contributed by atoms with Crippen LogP contribution in [0, 0.1) is 5.92 Å². The third-order valence-electron chi connectivity index (χ3n) is 4.00. The van der Waals surface area contributed by atoms with Crippen molar-refractivity contribution in [2.75, 3.05) is 6.61 Å². The third-order valence-corrected chi connectivity index (χ3v) is 4.32. The quantitative estimate of drug-likeness (QED) is 0.576. The summed E-state index contributed by atoms with van der Waals surface area (Å²) in [5.41, 5.74) is 1.82. The molecule has 1 heterocycles. The van der Waals surface area contributed by atoms with Crippen molar-refractivity contribution in [2.45, 2.75) is 20.4 Å². The Morgan fingerprint density at radius 1 is 1.12 bits per heavy atom. The van der Waals surface area contributed by atoms with Crippen LogP contribution in [-0.2, 0) is 6.54 Å². The number of benzene rings is 2. The Kier molecular flexibility index (Phi) is 4.91. The summed E-state index contributed by atoms with van der Waals surface area (Å²) < 4.78 is 7.84. The molecule has 0 amide bonds. The minimum Gasteiger partial charge on any atom is -0.490 e. The van der Waals surface area contributed by atoms with Gasteiger partial charge >= 0.3 is 0 Å². The second-order valence-electron chi connectivity index (χ2n) is 6.05. The normalized spacial score (nSPS) is 11.2. The molecule has 3 nitrogen and oxygen atoms in total. The molecule has 0 aliphatic heterocycles. The van der Waals surface area contributed by atoms with Gasteiger partial charge in [-0.05, 0) is 18.2 Å². The second kappa shape index (κ2) is 7.10. The summed E-state index contributed by atoms with van der Waals surface area (Å²) in [5, 5.41) is 1.60. The Labute approximate surface area is 146 Å². The predicted octanol–water partition coefficient (Wildman–Crippen LogP) is 5.21. The van der Waals surface area contributed by atoms with Crippen LogP contribution in [0.5, 0.6) is 5.75 Å². The minimum absolute atomic E-state index is 0.0244. The molecule has 0 N–H and O–H groups in total. The summed E-state index contributed by atoms with van der Waals surface area (Å²) in [7, 11) is 0. The lowest BCUT2D eigenvalue weighted by molar-refractivity contribution is 0.0941. The molecule has 0 saturated carbocycles. The Hall–Kier alpha value is -2.26. The molecule has 24 heavy (non-hydrogen) atoms. The monoisotopic (exact) mass is 341 g/mol. The Morgan fingerprint density at radius 2 is 1.83 bits per heavy atom. The first-order chi connectivity index (χ1) is 11.6. The van der Waals surface area contributed by atoms with Crippen LogP contribution in [0.4, 0.5) is 0 Å². The Balaban J connectivity index is 1.82. The lowest BCUT2D eigenvalue weighted by Gasteiger charge is -2.09. The molecule has 0 unspecified atom stereocenters. The van der Waals surface area contributed by atoms with Crippen molar-refractivity contribution in [3.8, 4) is 5.75 Å². The molecular weight excluding hydrogens is 322 g/mol. The summed E-state index contributed by atoms with van der Waals surface area (Å²) in [6, 6.07) is 15.4. The van der Waals surface area contributed by atoms with E-state index in [1.54, 1.807) is 6.07 Å². The molecule has 0 atom stereocenters. The summed E-state index contributed by atoms with van der Waals surface area (Å²) in [6.45, 7) is 4.98. The van der Waals surface area contributed by atoms with E-state index in [-0.39, 0.29) is 11.7 Å². The number of carbonyl (C=O) groups is 1. The molecule has 0 bridgehead atoms. The van der Waals surface area contributed by atoms with Gasteiger partial charge in [-0.3, -0.25) is 4.79 Å². The van der Waals surface area contributed by atoms with Gasteiger partial charge in [0.05, 0.1) is 11.6 Å². The highest BCUT2D eigenvalue weighted by Crippen LogP contribution is 2.25. The zero-order valence-electron chi connectivity index (χ0n) is 13.8. The molecule has 0 fully saturated rings. The number of rotatable bonds is 6. The highest BCUT2D eigenvalue weighted by atomic mass is 35.5. The van der Waals surface area contributed by atoms with Crippen LogP contribution < -0.4 is 4.74 Å². The molecule has 1 aromatic heterocycles. The van der Waals surface area contributed by atoms with Crippen LogP contribution in [0.25, 0.3) is 10.9 Å². The fraction of sp³-hybridized carbons (Fsp3) is 0.250. The van der Waals surface area contributed by atoms with Gasteiger partial charge in [0, 0.05) is 28.6 Å². The average molecular weight is 342 g/mol. The summed E-state index contributed by atoms with van der Waals surface area (Å²) in [6.07, 6.45) is 1.93. The van der Waals surface area contributed by atoms with Crippen molar-refractivity contribution in [3.63, 3.8) is 0 Å². The fourth-order valence-corrected chi connectivity index (χ4v) is 2.95. The van der Waals surface area contributed by atoms with Gasteiger partial charge in [0.25, 0.3) is 0 Å². The summed E-state index contributed by atoms with van der Waals surface area (Å²) >= 11 is 6.11. The topological polar surface area (TPSA) is 31.2 Å². The SMILES string of the molecule is CC(C)C(=O)c1cn(CCOc2ccccc2Cl)c2ccccc12. The first kappa shape index (κ1) is 16.6. The van der Waals surface area contributed by atoms with Crippen LogP contribution in [-0.4, -0.2) is 17.0 Å². The van der Waals surface area contributed by atoms with Crippen LogP contribution in [0.15, 0.2) is 54.7 Å². The van der Waals surface area contributed by atoms with E-state index in [2.05, 4.69) is 4.57 Å². The van der Waals surface area contributed by atoms with E-state index in [1.165, 1.54) is 0 Å². The van der Waals surface area contributed by atoms with Crippen LogP contribution in [0.3, 0.4) is 0 Å². The number of fused-ring (bicyclic) bond motifs is 1. The number of carbonyl (C=O) groups excluding carboxylic acids is 1. The molecule has 0 aliphatic carbocycles. The van der Waals surface area contributed by atoms with E-state index >= 15 is 0 Å². The van der Waals surface area contributed by atoms with E-state index in [4.69, 9.17) is 16.3 Å². The summed E-state index contributed by atoms with van der Waals surface area (Å²) in [4.78, 5) is 12.4. The maximum Gasteiger partial charge on any atom is 0.167 e. The number of para-hydroxylation sites is 2. The number of nitrogens with zero attached hydrogens (tertiary/aromatic N) is 1. The lowest BCUT2D eigenvalue weighted by Crippen LogP contribution is -2.09. The van der Waals surface area contributed by atoms with Gasteiger partial charge in [0.15, 0.2) is 5.78 Å². The third kappa shape index (κ3) is 3.31. The molecule has 124 valence electrons. The first-order valence-electron chi connectivity index (χ1n) is 8.07. The maximum absolute atomic E-state index is 12.4. The standard InChI is InChI=1S/C20H20ClNO2/c1-14(2)20(23)16-13-22(18-9-5-3-7-15(16)18)11-12-24-19-10-6-4-8-17(19)21/h3-10,13-14H,11-12H2,1-2H3. The average Bonchev–Trinajstić information content (AvgIpc) is 2.95. The van der Waals surface area contributed by atoms with Gasteiger partial charge < -0.3 is 9.30 Å². The van der Waals surface area contributed by atoms with Gasteiger partial charge in [-0.25, -0.2) is 0 Å². The van der Waals surface area contributed by atoms with Gasteiger partial charge in [-0.2, -0.15) is 0 Å². The Morgan fingerprint density at radius 3 is 2.58 bits per heavy atom. The molecule has 3 aromatic rings. The van der Waals surface area contributed by atoms with E-state index in [1.807, 2.05) is 62.5 Å².